The van der Waals surface area contributed by atoms with E-state index in [1.807, 2.05) is 30.1 Å². The SMILES string of the molecule is C/C=C(\C=C/C1=C(C(=O)N2CCc3nc[nH]c3C2)C=NCC1)c1cncnc1. The Hall–Kier alpha value is -3.35. The number of aromatic amines is 1. The van der Waals surface area contributed by atoms with E-state index in [-0.39, 0.29) is 5.91 Å². The second-order valence-corrected chi connectivity index (χ2v) is 6.73. The first-order valence-electron chi connectivity index (χ1n) is 9.39. The number of rotatable bonds is 4. The second-order valence-electron chi connectivity index (χ2n) is 6.73. The molecule has 0 fully saturated rings. The lowest BCUT2D eigenvalue weighted by Crippen LogP contribution is -2.38. The molecule has 0 radical (unpaired) electrons. The number of fused-ring (bicyclic) bond motifs is 1. The Morgan fingerprint density at radius 3 is 2.93 bits per heavy atom. The fourth-order valence-corrected chi connectivity index (χ4v) is 3.48. The molecule has 1 N–H and O–H groups in total. The Bertz CT molecular complexity index is 983. The summed E-state index contributed by atoms with van der Waals surface area (Å²) in [5, 5.41) is 0. The number of allylic oxidation sites excluding steroid dienone is 4. The number of amides is 1. The van der Waals surface area contributed by atoms with Crippen LogP contribution in [-0.2, 0) is 17.8 Å². The van der Waals surface area contributed by atoms with E-state index < -0.39 is 0 Å². The third-order valence-electron chi connectivity index (χ3n) is 5.04. The molecule has 142 valence electrons. The largest absolute Gasteiger partial charge is 0.347 e. The van der Waals surface area contributed by atoms with Crippen molar-refractivity contribution in [1.82, 2.24) is 24.8 Å². The number of carbonyl (C=O) groups is 1. The molecular weight excluding hydrogens is 352 g/mol. The number of aromatic nitrogens is 4. The van der Waals surface area contributed by atoms with Crippen LogP contribution in [0.3, 0.4) is 0 Å². The molecule has 4 heterocycles. The number of nitrogens with one attached hydrogen (secondary N) is 1. The van der Waals surface area contributed by atoms with Crippen LogP contribution in [0.4, 0.5) is 0 Å². The average molecular weight is 374 g/mol. The topological polar surface area (TPSA) is 87.1 Å². The molecule has 1 amide bonds. The molecule has 0 bridgehead atoms. The van der Waals surface area contributed by atoms with E-state index in [1.54, 1.807) is 24.9 Å². The maximum Gasteiger partial charge on any atom is 0.256 e. The van der Waals surface area contributed by atoms with E-state index in [2.05, 4.69) is 24.9 Å². The quantitative estimate of drug-likeness (QED) is 0.833. The number of imidazole rings is 1. The molecule has 2 aliphatic rings. The zero-order valence-electron chi connectivity index (χ0n) is 15.8. The van der Waals surface area contributed by atoms with Gasteiger partial charge in [-0.1, -0.05) is 18.2 Å². The van der Waals surface area contributed by atoms with Crippen LogP contribution in [0, 0.1) is 0 Å². The van der Waals surface area contributed by atoms with Gasteiger partial charge in [0.1, 0.15) is 6.33 Å². The van der Waals surface area contributed by atoms with Crippen molar-refractivity contribution in [1.29, 1.82) is 0 Å². The van der Waals surface area contributed by atoms with E-state index in [4.69, 9.17) is 0 Å². The third-order valence-corrected chi connectivity index (χ3v) is 5.04. The van der Waals surface area contributed by atoms with Crippen LogP contribution in [0.1, 0.15) is 30.3 Å². The Labute approximate surface area is 163 Å². The van der Waals surface area contributed by atoms with Crippen LogP contribution in [-0.4, -0.2) is 50.0 Å². The molecule has 28 heavy (non-hydrogen) atoms. The normalized spacial score (nSPS) is 17.3. The Morgan fingerprint density at radius 2 is 2.11 bits per heavy atom. The fourth-order valence-electron chi connectivity index (χ4n) is 3.48. The first kappa shape index (κ1) is 18.0. The van der Waals surface area contributed by atoms with Crippen LogP contribution in [0.15, 0.2) is 59.4 Å². The molecule has 0 aliphatic carbocycles. The maximum atomic E-state index is 13.2. The van der Waals surface area contributed by atoms with E-state index in [0.717, 1.165) is 40.9 Å². The summed E-state index contributed by atoms with van der Waals surface area (Å²) in [4.78, 5) is 35.0. The van der Waals surface area contributed by atoms with Crippen molar-refractivity contribution in [3.63, 3.8) is 0 Å². The summed E-state index contributed by atoms with van der Waals surface area (Å²) in [5.74, 6) is 0.0217. The smallest absolute Gasteiger partial charge is 0.256 e. The van der Waals surface area contributed by atoms with Crippen molar-refractivity contribution in [2.45, 2.75) is 26.3 Å². The van der Waals surface area contributed by atoms with E-state index >= 15 is 0 Å². The van der Waals surface area contributed by atoms with Gasteiger partial charge in [-0.2, -0.15) is 0 Å². The summed E-state index contributed by atoms with van der Waals surface area (Å²) in [7, 11) is 0. The number of nitrogens with zero attached hydrogens (tertiary/aromatic N) is 5. The summed E-state index contributed by atoms with van der Waals surface area (Å²) < 4.78 is 0. The molecule has 0 aromatic carbocycles. The lowest BCUT2D eigenvalue weighted by atomic mass is 9.99. The molecule has 7 nitrogen and oxygen atoms in total. The standard InChI is InChI=1S/C21H22N6O/c1-2-15(17-9-23-13-24-10-17)3-4-16-5-7-22-11-18(16)21(28)27-8-6-19-20(12-27)26-14-25-19/h2-4,9-11,13-14H,5-8,12H2,1H3,(H,25,26)/b4-3-,15-2+. The Morgan fingerprint density at radius 1 is 1.25 bits per heavy atom. The summed E-state index contributed by atoms with van der Waals surface area (Å²) in [5.41, 5.74) is 5.71. The van der Waals surface area contributed by atoms with Crippen LogP contribution in [0.5, 0.6) is 0 Å². The third kappa shape index (κ3) is 3.69. The average Bonchev–Trinajstić information content (AvgIpc) is 3.23. The fraction of sp³-hybridized carbons (Fsp3) is 0.286. The summed E-state index contributed by atoms with van der Waals surface area (Å²) in [6.45, 7) is 3.91. The van der Waals surface area contributed by atoms with Crippen LogP contribution >= 0.6 is 0 Å². The summed E-state index contributed by atoms with van der Waals surface area (Å²) in [6.07, 6.45) is 16.1. The molecule has 2 aliphatic heterocycles. The molecule has 7 heteroatoms. The molecular formula is C21H22N6O. The Kier molecular flexibility index (Phi) is 5.23. The van der Waals surface area contributed by atoms with Crippen molar-refractivity contribution in [2.75, 3.05) is 13.1 Å². The first-order valence-corrected chi connectivity index (χ1v) is 9.39. The minimum atomic E-state index is 0.0217. The minimum absolute atomic E-state index is 0.0217. The highest BCUT2D eigenvalue weighted by Crippen LogP contribution is 2.22. The van der Waals surface area contributed by atoms with Crippen molar-refractivity contribution in [2.24, 2.45) is 4.99 Å². The highest BCUT2D eigenvalue weighted by atomic mass is 16.2. The van der Waals surface area contributed by atoms with Gasteiger partial charge < -0.3 is 9.88 Å². The van der Waals surface area contributed by atoms with Gasteiger partial charge in [-0.25, -0.2) is 15.0 Å². The predicted octanol–water partition coefficient (Wildman–Crippen LogP) is 2.52. The van der Waals surface area contributed by atoms with Gasteiger partial charge in [0, 0.05) is 43.7 Å². The van der Waals surface area contributed by atoms with Crippen molar-refractivity contribution in [3.05, 3.63) is 71.4 Å². The van der Waals surface area contributed by atoms with Crippen LogP contribution < -0.4 is 0 Å². The molecule has 0 atom stereocenters. The number of hydrogen-bond acceptors (Lipinski definition) is 5. The Balaban J connectivity index is 1.57. The van der Waals surface area contributed by atoms with Gasteiger partial charge in [-0.05, 0) is 24.5 Å². The summed E-state index contributed by atoms with van der Waals surface area (Å²) in [6, 6.07) is 0. The van der Waals surface area contributed by atoms with Crippen molar-refractivity contribution < 1.29 is 4.79 Å². The van der Waals surface area contributed by atoms with Crippen LogP contribution in [0.25, 0.3) is 5.57 Å². The zero-order valence-corrected chi connectivity index (χ0v) is 15.8. The molecule has 2 aromatic heterocycles. The van der Waals surface area contributed by atoms with Gasteiger partial charge in [-0.3, -0.25) is 9.79 Å². The van der Waals surface area contributed by atoms with Crippen molar-refractivity contribution in [3.8, 4) is 0 Å². The predicted molar refractivity (Wildman–Crippen MR) is 108 cm³/mol. The molecule has 0 saturated heterocycles. The highest BCUT2D eigenvalue weighted by molar-refractivity contribution is 6.13. The number of hydrogen-bond donors (Lipinski definition) is 1. The number of aliphatic imine (C=N–C) groups is 1. The summed E-state index contributed by atoms with van der Waals surface area (Å²) >= 11 is 0. The lowest BCUT2D eigenvalue weighted by molar-refractivity contribution is -0.127. The number of carbonyl (C=O) groups excluding carboxylic acids is 1. The first-order chi connectivity index (χ1) is 13.8. The highest BCUT2D eigenvalue weighted by Gasteiger charge is 2.26. The minimum Gasteiger partial charge on any atom is -0.347 e. The van der Waals surface area contributed by atoms with Gasteiger partial charge in [0.25, 0.3) is 5.91 Å². The molecule has 4 rings (SSSR count). The van der Waals surface area contributed by atoms with Gasteiger partial charge in [0.15, 0.2) is 0 Å². The van der Waals surface area contributed by atoms with Gasteiger partial charge in [0.2, 0.25) is 0 Å². The van der Waals surface area contributed by atoms with Gasteiger partial charge >= 0.3 is 0 Å². The van der Waals surface area contributed by atoms with E-state index in [0.29, 0.717) is 25.2 Å². The number of dihydropyridines is 1. The monoisotopic (exact) mass is 374 g/mol. The van der Waals surface area contributed by atoms with Crippen molar-refractivity contribution >= 4 is 17.7 Å². The van der Waals surface area contributed by atoms with E-state index in [1.165, 1.54) is 6.33 Å². The maximum absolute atomic E-state index is 13.2. The second kappa shape index (κ2) is 8.12. The van der Waals surface area contributed by atoms with E-state index in [9.17, 15) is 4.79 Å². The molecule has 0 spiro atoms. The number of H-pyrrole nitrogens is 1. The molecule has 0 saturated carbocycles. The lowest BCUT2D eigenvalue weighted by Gasteiger charge is -2.27. The molecule has 0 unspecified atom stereocenters. The van der Waals surface area contributed by atoms with Gasteiger partial charge in [-0.15, -0.1) is 0 Å². The molecule has 2 aromatic rings. The van der Waals surface area contributed by atoms with Crippen LogP contribution in [0.2, 0.25) is 0 Å². The van der Waals surface area contributed by atoms with Gasteiger partial charge in [0.05, 0.1) is 29.8 Å². The zero-order chi connectivity index (χ0) is 19.3.